The lowest BCUT2D eigenvalue weighted by Gasteiger charge is -2.14. The zero-order valence-electron chi connectivity index (χ0n) is 15.2. The lowest BCUT2D eigenvalue weighted by molar-refractivity contribution is -0.142. The van der Waals surface area contributed by atoms with Crippen molar-refractivity contribution in [3.8, 4) is 22.8 Å². The standard InChI is InChI=1S/C20H16BrClO7/c1-26-18-7-12(16(8-13(18)21)28-6-5-27-10-19(24)25)17-9-15(23)11-3-2-4-14(22)20(11)29-17/h2-4,7-9H,5-6,10H2,1H3,(H,24,25). The van der Waals surface area contributed by atoms with Crippen LogP contribution in [0, 0.1) is 0 Å². The highest BCUT2D eigenvalue weighted by atomic mass is 79.9. The molecule has 0 aliphatic carbocycles. The Morgan fingerprint density at radius 1 is 1.21 bits per heavy atom. The molecule has 1 heterocycles. The molecular weight excluding hydrogens is 468 g/mol. The van der Waals surface area contributed by atoms with Gasteiger partial charge in [-0.05, 0) is 40.2 Å². The minimum absolute atomic E-state index is 0.0723. The zero-order chi connectivity index (χ0) is 21.0. The van der Waals surface area contributed by atoms with E-state index in [4.69, 9.17) is 35.3 Å². The molecule has 0 spiro atoms. The van der Waals surface area contributed by atoms with E-state index in [1.165, 1.54) is 13.2 Å². The smallest absolute Gasteiger partial charge is 0.329 e. The van der Waals surface area contributed by atoms with Gasteiger partial charge in [0.2, 0.25) is 0 Å². The van der Waals surface area contributed by atoms with Crippen LogP contribution >= 0.6 is 27.5 Å². The lowest BCUT2D eigenvalue weighted by atomic mass is 10.1. The van der Waals surface area contributed by atoms with E-state index < -0.39 is 12.6 Å². The predicted molar refractivity (Wildman–Crippen MR) is 111 cm³/mol. The van der Waals surface area contributed by atoms with Gasteiger partial charge >= 0.3 is 5.97 Å². The Balaban J connectivity index is 2.01. The second-order valence-corrected chi connectivity index (χ2v) is 7.13. The van der Waals surface area contributed by atoms with E-state index in [9.17, 15) is 9.59 Å². The van der Waals surface area contributed by atoms with E-state index in [0.717, 1.165) is 0 Å². The van der Waals surface area contributed by atoms with Crippen molar-refractivity contribution in [1.29, 1.82) is 0 Å². The first-order valence-electron chi connectivity index (χ1n) is 8.43. The van der Waals surface area contributed by atoms with Crippen LogP contribution in [0.15, 0.2) is 50.1 Å². The van der Waals surface area contributed by atoms with Gasteiger partial charge in [0.15, 0.2) is 11.0 Å². The van der Waals surface area contributed by atoms with Crippen LogP contribution in [-0.4, -0.2) is 38.0 Å². The molecule has 0 aliphatic rings. The normalized spacial score (nSPS) is 10.9. The van der Waals surface area contributed by atoms with E-state index in [2.05, 4.69) is 15.9 Å². The molecule has 0 aliphatic heterocycles. The molecule has 9 heteroatoms. The molecule has 0 fully saturated rings. The Morgan fingerprint density at radius 3 is 2.72 bits per heavy atom. The highest BCUT2D eigenvalue weighted by Crippen LogP contribution is 2.39. The molecule has 0 bridgehead atoms. The van der Waals surface area contributed by atoms with Crippen LogP contribution in [0.25, 0.3) is 22.3 Å². The highest BCUT2D eigenvalue weighted by molar-refractivity contribution is 9.10. The summed E-state index contributed by atoms with van der Waals surface area (Å²) in [5.74, 6) is 0.0955. The van der Waals surface area contributed by atoms with Gasteiger partial charge in [0.1, 0.15) is 30.5 Å². The third-order valence-corrected chi connectivity index (χ3v) is 4.85. The van der Waals surface area contributed by atoms with Crippen LogP contribution < -0.4 is 14.9 Å². The maximum absolute atomic E-state index is 12.5. The van der Waals surface area contributed by atoms with Crippen LogP contribution in [0.5, 0.6) is 11.5 Å². The number of carboxylic acids is 1. The number of hydrogen-bond acceptors (Lipinski definition) is 6. The number of methoxy groups -OCH3 is 1. The number of hydrogen-bond donors (Lipinski definition) is 1. The molecule has 0 amide bonds. The number of halogens is 2. The molecule has 1 N–H and O–H groups in total. The molecule has 29 heavy (non-hydrogen) atoms. The summed E-state index contributed by atoms with van der Waals surface area (Å²) in [7, 11) is 1.51. The average Bonchev–Trinajstić information content (AvgIpc) is 2.68. The molecule has 0 unspecified atom stereocenters. The van der Waals surface area contributed by atoms with Gasteiger partial charge < -0.3 is 23.7 Å². The van der Waals surface area contributed by atoms with Crippen molar-refractivity contribution < 1.29 is 28.5 Å². The van der Waals surface area contributed by atoms with E-state index >= 15 is 0 Å². The number of fused-ring (bicyclic) bond motifs is 1. The second kappa shape index (κ2) is 9.30. The topological polar surface area (TPSA) is 95.2 Å². The van der Waals surface area contributed by atoms with Gasteiger partial charge in [0, 0.05) is 6.07 Å². The van der Waals surface area contributed by atoms with Crippen molar-refractivity contribution in [1.82, 2.24) is 0 Å². The maximum Gasteiger partial charge on any atom is 0.329 e. The Morgan fingerprint density at radius 2 is 2.00 bits per heavy atom. The molecule has 0 saturated heterocycles. The summed E-state index contributed by atoms with van der Waals surface area (Å²) in [5.41, 5.74) is 0.498. The van der Waals surface area contributed by atoms with Crippen molar-refractivity contribution in [3.63, 3.8) is 0 Å². The third-order valence-electron chi connectivity index (χ3n) is 3.94. The molecule has 0 radical (unpaired) electrons. The fourth-order valence-corrected chi connectivity index (χ4v) is 3.35. The number of benzene rings is 2. The number of carboxylic acid groups (broad SMARTS) is 1. The molecule has 3 rings (SSSR count). The molecule has 152 valence electrons. The summed E-state index contributed by atoms with van der Waals surface area (Å²) in [6.07, 6.45) is 0. The second-order valence-electron chi connectivity index (χ2n) is 5.87. The van der Waals surface area contributed by atoms with Crippen molar-refractivity contribution in [2.75, 3.05) is 26.9 Å². The van der Waals surface area contributed by atoms with Crippen LogP contribution in [0.3, 0.4) is 0 Å². The predicted octanol–water partition coefficient (Wildman–Crippen LogP) is 4.36. The van der Waals surface area contributed by atoms with Crippen LogP contribution in [0.1, 0.15) is 0 Å². The Labute approximate surface area is 178 Å². The SMILES string of the molecule is COc1cc(-c2cc(=O)c3cccc(Cl)c3o2)c(OCCOCC(=O)O)cc1Br. The monoisotopic (exact) mass is 482 g/mol. The Bertz CT molecular complexity index is 1110. The summed E-state index contributed by atoms with van der Waals surface area (Å²) in [4.78, 5) is 23.1. The summed E-state index contributed by atoms with van der Waals surface area (Å²) in [6, 6.07) is 9.64. The lowest BCUT2D eigenvalue weighted by Crippen LogP contribution is -2.13. The van der Waals surface area contributed by atoms with E-state index in [0.29, 0.717) is 31.9 Å². The van der Waals surface area contributed by atoms with Gasteiger partial charge in [-0.1, -0.05) is 17.7 Å². The van der Waals surface area contributed by atoms with Gasteiger partial charge in [-0.3, -0.25) is 4.79 Å². The molecule has 3 aromatic rings. The maximum atomic E-state index is 12.5. The zero-order valence-corrected chi connectivity index (χ0v) is 17.6. The molecule has 0 saturated carbocycles. The van der Waals surface area contributed by atoms with Gasteiger partial charge in [-0.25, -0.2) is 4.79 Å². The number of ether oxygens (including phenoxy) is 3. The molecular formula is C20H16BrClO7. The number of aliphatic carboxylic acids is 1. The molecule has 7 nitrogen and oxygen atoms in total. The first-order chi connectivity index (χ1) is 13.9. The van der Waals surface area contributed by atoms with Crippen molar-refractivity contribution >= 4 is 44.5 Å². The fraction of sp³-hybridized carbons (Fsp3) is 0.200. The van der Waals surface area contributed by atoms with E-state index in [1.54, 1.807) is 30.3 Å². The first-order valence-corrected chi connectivity index (χ1v) is 9.60. The van der Waals surface area contributed by atoms with E-state index in [-0.39, 0.29) is 30.0 Å². The van der Waals surface area contributed by atoms with Crippen molar-refractivity contribution in [2.24, 2.45) is 0 Å². The number of rotatable bonds is 8. The quantitative estimate of drug-likeness (QED) is 0.476. The minimum Gasteiger partial charge on any atom is -0.496 e. The molecule has 0 atom stereocenters. The fourth-order valence-electron chi connectivity index (χ4n) is 2.65. The van der Waals surface area contributed by atoms with Gasteiger partial charge in [0.25, 0.3) is 0 Å². The molecule has 1 aromatic heterocycles. The van der Waals surface area contributed by atoms with E-state index in [1.807, 2.05) is 0 Å². The third kappa shape index (κ3) is 4.90. The number of carbonyl (C=O) groups is 1. The first kappa shape index (κ1) is 21.2. The summed E-state index contributed by atoms with van der Waals surface area (Å²) in [6.45, 7) is -0.249. The van der Waals surface area contributed by atoms with Crippen LogP contribution in [0.4, 0.5) is 0 Å². The molecule has 2 aromatic carbocycles. The van der Waals surface area contributed by atoms with Gasteiger partial charge in [-0.2, -0.15) is 0 Å². The largest absolute Gasteiger partial charge is 0.496 e. The van der Waals surface area contributed by atoms with Gasteiger partial charge in [-0.15, -0.1) is 0 Å². The highest BCUT2D eigenvalue weighted by Gasteiger charge is 2.17. The Kier molecular flexibility index (Phi) is 6.79. The summed E-state index contributed by atoms with van der Waals surface area (Å²) < 4.78 is 22.6. The van der Waals surface area contributed by atoms with Crippen molar-refractivity contribution in [3.05, 3.63) is 56.1 Å². The van der Waals surface area contributed by atoms with Crippen LogP contribution in [-0.2, 0) is 9.53 Å². The Hall–Kier alpha value is -2.55. The van der Waals surface area contributed by atoms with Gasteiger partial charge in [0.05, 0.1) is 34.2 Å². The minimum atomic E-state index is -1.06. The van der Waals surface area contributed by atoms with Crippen LogP contribution in [0.2, 0.25) is 5.02 Å². The summed E-state index contributed by atoms with van der Waals surface area (Å²) >= 11 is 9.59. The average molecular weight is 484 g/mol. The summed E-state index contributed by atoms with van der Waals surface area (Å²) in [5, 5.41) is 9.30. The van der Waals surface area contributed by atoms with Crippen molar-refractivity contribution in [2.45, 2.75) is 0 Å². The number of para-hydroxylation sites is 1.